The molecule has 0 aliphatic carbocycles. The smallest absolute Gasteiger partial charge is 0.336 e. The van der Waals surface area contributed by atoms with Gasteiger partial charge in [0.2, 0.25) is 0 Å². The lowest BCUT2D eigenvalue weighted by Gasteiger charge is -2.31. The first-order valence-corrected chi connectivity index (χ1v) is 11.8. The van der Waals surface area contributed by atoms with E-state index in [2.05, 4.69) is 5.32 Å². The zero-order chi connectivity index (χ0) is 26.9. The summed E-state index contributed by atoms with van der Waals surface area (Å²) >= 11 is 6.45. The lowest BCUT2D eigenvalue weighted by Crippen LogP contribution is -2.31. The molecular weight excluding hydrogens is 500 g/mol. The summed E-state index contributed by atoms with van der Waals surface area (Å²) in [5, 5.41) is 14.4. The molecule has 0 spiro atoms. The molecule has 0 fully saturated rings. The van der Waals surface area contributed by atoms with E-state index < -0.39 is 22.8 Å². The Hall–Kier alpha value is -3.95. The van der Waals surface area contributed by atoms with Gasteiger partial charge in [-0.2, -0.15) is 0 Å². The number of hydrogen-bond donors (Lipinski definition) is 1. The van der Waals surface area contributed by atoms with Crippen molar-refractivity contribution in [3.8, 4) is 0 Å². The van der Waals surface area contributed by atoms with Gasteiger partial charge in [-0.1, -0.05) is 66.2 Å². The van der Waals surface area contributed by atoms with Gasteiger partial charge >= 0.3 is 11.9 Å². The Bertz CT molecular complexity index is 1270. The Kier molecular flexibility index (Phi) is 9.59. The molecule has 0 saturated carbocycles. The summed E-state index contributed by atoms with van der Waals surface area (Å²) in [5.41, 5.74) is 1.83. The quantitative estimate of drug-likeness (QED) is 0.192. The first-order chi connectivity index (χ1) is 17.7. The number of methoxy groups -OCH3 is 1. The SMILES string of the molecule is COCCOC(=O)C1=C(C)NC(C)=C(OC(=O)CC=Cc2ccccc2)C1c1cccc([N+](=O)[O-])c1Cl. The van der Waals surface area contributed by atoms with Crippen LogP contribution in [0.1, 0.15) is 37.3 Å². The number of allylic oxidation sites excluding steroid dienone is 3. The van der Waals surface area contributed by atoms with Crippen LogP contribution in [-0.4, -0.2) is 37.2 Å². The molecule has 0 bridgehead atoms. The fraction of sp³-hybridized carbons (Fsp3) is 0.259. The minimum absolute atomic E-state index is 0.0103. The highest BCUT2D eigenvalue weighted by molar-refractivity contribution is 6.33. The van der Waals surface area contributed by atoms with E-state index in [1.807, 2.05) is 30.3 Å². The van der Waals surface area contributed by atoms with Crippen molar-refractivity contribution in [2.24, 2.45) is 0 Å². The summed E-state index contributed by atoms with van der Waals surface area (Å²) in [6, 6.07) is 13.7. The summed E-state index contributed by atoms with van der Waals surface area (Å²) in [7, 11) is 1.47. The number of nitro benzene ring substituents is 1. The molecule has 10 heteroatoms. The lowest BCUT2D eigenvalue weighted by molar-refractivity contribution is -0.384. The van der Waals surface area contributed by atoms with Crippen LogP contribution in [0.4, 0.5) is 5.69 Å². The van der Waals surface area contributed by atoms with Crippen LogP contribution in [0.15, 0.2) is 77.3 Å². The molecule has 0 amide bonds. The van der Waals surface area contributed by atoms with Crippen LogP contribution < -0.4 is 5.32 Å². The fourth-order valence-corrected chi connectivity index (χ4v) is 4.20. The largest absolute Gasteiger partial charge is 0.460 e. The molecule has 0 saturated heterocycles. The van der Waals surface area contributed by atoms with E-state index in [-0.39, 0.29) is 47.2 Å². The van der Waals surface area contributed by atoms with Gasteiger partial charge in [0.1, 0.15) is 17.4 Å². The van der Waals surface area contributed by atoms with Gasteiger partial charge in [-0.3, -0.25) is 14.9 Å². The van der Waals surface area contributed by atoms with Crippen molar-refractivity contribution in [3.63, 3.8) is 0 Å². The molecule has 1 heterocycles. The normalized spacial score (nSPS) is 15.5. The number of carbonyl (C=O) groups is 2. The lowest BCUT2D eigenvalue weighted by atomic mass is 9.84. The van der Waals surface area contributed by atoms with Gasteiger partial charge in [-0.15, -0.1) is 0 Å². The van der Waals surface area contributed by atoms with E-state index in [1.165, 1.54) is 19.2 Å². The van der Waals surface area contributed by atoms with Gasteiger partial charge in [0.15, 0.2) is 0 Å². The molecule has 1 aliphatic rings. The number of halogens is 1. The molecule has 2 aromatic carbocycles. The van der Waals surface area contributed by atoms with Crippen molar-refractivity contribution in [3.05, 3.63) is 104 Å². The molecule has 194 valence electrons. The zero-order valence-corrected chi connectivity index (χ0v) is 21.4. The van der Waals surface area contributed by atoms with Crippen LogP contribution in [0.5, 0.6) is 0 Å². The number of benzene rings is 2. The topological polar surface area (TPSA) is 117 Å². The van der Waals surface area contributed by atoms with E-state index >= 15 is 0 Å². The highest BCUT2D eigenvalue weighted by Gasteiger charge is 2.38. The summed E-state index contributed by atoms with van der Waals surface area (Å²) < 4.78 is 16.1. The Morgan fingerprint density at radius 2 is 1.81 bits per heavy atom. The maximum absolute atomic E-state index is 13.1. The average molecular weight is 527 g/mol. The molecule has 9 nitrogen and oxygen atoms in total. The van der Waals surface area contributed by atoms with Crippen molar-refractivity contribution in [2.45, 2.75) is 26.2 Å². The molecule has 0 radical (unpaired) electrons. The van der Waals surface area contributed by atoms with E-state index in [4.69, 9.17) is 25.8 Å². The minimum Gasteiger partial charge on any atom is -0.460 e. The number of rotatable bonds is 10. The molecule has 1 N–H and O–H groups in total. The van der Waals surface area contributed by atoms with Crippen molar-refractivity contribution >= 4 is 35.3 Å². The van der Waals surface area contributed by atoms with E-state index in [0.29, 0.717) is 11.4 Å². The van der Waals surface area contributed by atoms with Gasteiger partial charge in [-0.05, 0) is 25.0 Å². The summed E-state index contributed by atoms with van der Waals surface area (Å²) in [6.45, 7) is 3.51. The molecule has 2 aromatic rings. The van der Waals surface area contributed by atoms with Crippen LogP contribution >= 0.6 is 11.6 Å². The zero-order valence-electron chi connectivity index (χ0n) is 20.7. The van der Waals surface area contributed by atoms with Gasteiger partial charge in [0.25, 0.3) is 5.69 Å². The maximum Gasteiger partial charge on any atom is 0.336 e. The third kappa shape index (κ3) is 6.84. The van der Waals surface area contributed by atoms with Crippen molar-refractivity contribution < 1.29 is 28.7 Å². The highest BCUT2D eigenvalue weighted by Crippen LogP contribution is 2.44. The number of esters is 2. The Labute approximate surface area is 219 Å². The molecule has 3 rings (SSSR count). The number of hydrogen-bond acceptors (Lipinski definition) is 8. The third-order valence-electron chi connectivity index (χ3n) is 5.57. The summed E-state index contributed by atoms with van der Waals surface area (Å²) in [4.78, 5) is 36.9. The van der Waals surface area contributed by atoms with Gasteiger partial charge in [-0.25, -0.2) is 4.79 Å². The number of carbonyl (C=O) groups excluding carboxylic acids is 2. The van der Waals surface area contributed by atoms with Crippen LogP contribution in [0.25, 0.3) is 6.08 Å². The standard InChI is InChI=1S/C27H27ClN2O7/c1-17-23(27(32)36-16-15-35-3)24(20-12-8-13-21(25(20)28)30(33)34)26(18(2)29-17)37-22(31)14-7-11-19-9-5-4-6-10-19/h4-13,24,29H,14-16H2,1-3H3. The summed E-state index contributed by atoms with van der Waals surface area (Å²) in [5.74, 6) is -2.20. The second-order valence-corrected chi connectivity index (χ2v) is 8.52. The third-order valence-corrected chi connectivity index (χ3v) is 5.99. The van der Waals surface area contributed by atoms with Gasteiger partial charge < -0.3 is 19.5 Å². The number of nitrogens with zero attached hydrogens (tertiary/aromatic N) is 1. The first-order valence-electron chi connectivity index (χ1n) is 11.4. The number of dihydropyridines is 1. The van der Waals surface area contributed by atoms with E-state index in [1.54, 1.807) is 32.1 Å². The van der Waals surface area contributed by atoms with Crippen LogP contribution in [0.2, 0.25) is 5.02 Å². The van der Waals surface area contributed by atoms with Crippen LogP contribution in [-0.2, 0) is 23.8 Å². The Balaban J connectivity index is 1.98. The Morgan fingerprint density at radius 3 is 2.49 bits per heavy atom. The average Bonchev–Trinajstić information content (AvgIpc) is 2.86. The number of nitrogens with one attached hydrogen (secondary N) is 1. The molecule has 1 unspecified atom stereocenters. The first kappa shape index (κ1) is 27.6. The Morgan fingerprint density at radius 1 is 1.08 bits per heavy atom. The van der Waals surface area contributed by atoms with Gasteiger partial charge in [0.05, 0.1) is 35.1 Å². The molecular formula is C27H27ClN2O7. The minimum atomic E-state index is -1.02. The van der Waals surface area contributed by atoms with E-state index in [0.717, 1.165) is 5.56 Å². The van der Waals surface area contributed by atoms with Crippen LogP contribution in [0, 0.1) is 10.1 Å². The predicted octanol–water partition coefficient (Wildman–Crippen LogP) is 5.28. The van der Waals surface area contributed by atoms with Crippen molar-refractivity contribution in [2.75, 3.05) is 20.3 Å². The van der Waals surface area contributed by atoms with Crippen molar-refractivity contribution in [1.29, 1.82) is 0 Å². The monoisotopic (exact) mass is 526 g/mol. The maximum atomic E-state index is 13.1. The second kappa shape index (κ2) is 12.8. The van der Waals surface area contributed by atoms with Crippen LogP contribution in [0.3, 0.4) is 0 Å². The van der Waals surface area contributed by atoms with E-state index in [9.17, 15) is 19.7 Å². The number of ether oxygens (including phenoxy) is 3. The molecule has 0 aromatic heterocycles. The van der Waals surface area contributed by atoms with Crippen molar-refractivity contribution in [1.82, 2.24) is 5.32 Å². The predicted molar refractivity (Wildman–Crippen MR) is 138 cm³/mol. The van der Waals surface area contributed by atoms with Gasteiger partial charge in [0, 0.05) is 18.9 Å². The molecule has 1 aliphatic heterocycles. The molecule has 37 heavy (non-hydrogen) atoms. The number of nitro groups is 1. The summed E-state index contributed by atoms with van der Waals surface area (Å²) in [6.07, 6.45) is 3.41. The molecule has 1 atom stereocenters. The highest BCUT2D eigenvalue weighted by atomic mass is 35.5. The second-order valence-electron chi connectivity index (χ2n) is 8.14. The fourth-order valence-electron chi connectivity index (χ4n) is 3.89.